The summed E-state index contributed by atoms with van der Waals surface area (Å²) in [6.07, 6.45) is 1.25. The van der Waals surface area contributed by atoms with Gasteiger partial charge in [-0.15, -0.1) is 0 Å². The van der Waals surface area contributed by atoms with Crippen LogP contribution in [0.25, 0.3) is 0 Å². The first-order valence-corrected chi connectivity index (χ1v) is 9.49. The van der Waals surface area contributed by atoms with Crippen molar-refractivity contribution in [1.29, 1.82) is 0 Å². The van der Waals surface area contributed by atoms with E-state index in [0.717, 1.165) is 0 Å². The molecule has 1 saturated heterocycles. The number of piperazine rings is 1. The first-order valence-electron chi connectivity index (χ1n) is 9.11. The zero-order valence-electron chi connectivity index (χ0n) is 15.0. The summed E-state index contributed by atoms with van der Waals surface area (Å²) in [6.45, 7) is 1.45. The average Bonchev–Trinajstić information content (AvgIpc) is 2.99. The van der Waals surface area contributed by atoms with Crippen LogP contribution >= 0.6 is 11.6 Å². The van der Waals surface area contributed by atoms with Crippen molar-refractivity contribution in [1.82, 2.24) is 24.6 Å². The second kappa shape index (κ2) is 7.38. The number of halogens is 2. The molecule has 1 aromatic carbocycles. The van der Waals surface area contributed by atoms with Crippen molar-refractivity contribution in [2.75, 3.05) is 19.6 Å². The van der Waals surface area contributed by atoms with Gasteiger partial charge in [0.1, 0.15) is 11.6 Å². The van der Waals surface area contributed by atoms with Crippen molar-refractivity contribution in [2.45, 2.75) is 31.8 Å². The molecule has 2 aromatic rings. The molecular weight excluding hydrogens is 389 g/mol. The Balaban J connectivity index is 1.63. The summed E-state index contributed by atoms with van der Waals surface area (Å²) in [7, 11) is 0. The fraction of sp³-hybridized carbons (Fsp3) is 0.444. The number of benzene rings is 1. The predicted octanol–water partition coefficient (Wildman–Crippen LogP) is 0.721. The number of fused-ring (bicyclic) bond motifs is 1. The highest BCUT2D eigenvalue weighted by Gasteiger charge is 2.35. The van der Waals surface area contributed by atoms with Gasteiger partial charge in [0.15, 0.2) is 0 Å². The topological polar surface area (TPSA) is 89.2 Å². The Morgan fingerprint density at radius 2 is 2.14 bits per heavy atom. The van der Waals surface area contributed by atoms with Crippen LogP contribution in [0.4, 0.5) is 4.39 Å². The van der Waals surface area contributed by atoms with Crippen LogP contribution in [0.3, 0.4) is 0 Å². The molecule has 10 heteroatoms. The predicted molar refractivity (Wildman–Crippen MR) is 98.6 cm³/mol. The third kappa shape index (κ3) is 3.42. The Labute approximate surface area is 164 Å². The van der Waals surface area contributed by atoms with E-state index in [4.69, 9.17) is 11.6 Å². The van der Waals surface area contributed by atoms with Crippen molar-refractivity contribution in [3.63, 3.8) is 0 Å². The summed E-state index contributed by atoms with van der Waals surface area (Å²) in [5.74, 6) is -0.985. The fourth-order valence-electron chi connectivity index (χ4n) is 3.70. The molecule has 8 nitrogen and oxygen atoms in total. The van der Waals surface area contributed by atoms with Gasteiger partial charge in [-0.3, -0.25) is 14.2 Å². The van der Waals surface area contributed by atoms with Crippen molar-refractivity contribution < 1.29 is 14.0 Å². The number of amides is 2. The summed E-state index contributed by atoms with van der Waals surface area (Å²) < 4.78 is 16.0. The number of nitrogens with one attached hydrogen (secondary N) is 1. The SMILES string of the molecule is O=C1CN(C(=O)C2CCCn3c2nn(Cc2ccc(F)cc2Cl)c3=O)CCN1. The quantitative estimate of drug-likeness (QED) is 0.812. The maximum absolute atomic E-state index is 13.3. The van der Waals surface area contributed by atoms with E-state index >= 15 is 0 Å². The van der Waals surface area contributed by atoms with Crippen LogP contribution in [0.5, 0.6) is 0 Å². The van der Waals surface area contributed by atoms with E-state index in [1.807, 2.05) is 0 Å². The minimum atomic E-state index is -0.558. The highest BCUT2D eigenvalue weighted by atomic mass is 35.5. The summed E-state index contributed by atoms with van der Waals surface area (Å²) in [5, 5.41) is 7.30. The summed E-state index contributed by atoms with van der Waals surface area (Å²) in [6, 6.07) is 3.97. The molecule has 0 saturated carbocycles. The third-order valence-electron chi connectivity index (χ3n) is 5.12. The number of rotatable bonds is 3. The van der Waals surface area contributed by atoms with Gasteiger partial charge < -0.3 is 10.2 Å². The van der Waals surface area contributed by atoms with Gasteiger partial charge in [0.25, 0.3) is 0 Å². The van der Waals surface area contributed by atoms with Gasteiger partial charge in [0, 0.05) is 24.7 Å². The van der Waals surface area contributed by atoms with Gasteiger partial charge in [-0.05, 0) is 30.5 Å². The summed E-state index contributed by atoms with van der Waals surface area (Å²) in [5.41, 5.74) is 0.237. The minimum absolute atomic E-state index is 0.0193. The van der Waals surface area contributed by atoms with Crippen molar-refractivity contribution >= 4 is 23.4 Å². The van der Waals surface area contributed by atoms with Gasteiger partial charge in [0.05, 0.1) is 19.0 Å². The molecule has 28 heavy (non-hydrogen) atoms. The summed E-state index contributed by atoms with van der Waals surface area (Å²) >= 11 is 6.06. The Kier molecular flexibility index (Phi) is 4.92. The molecule has 1 unspecified atom stereocenters. The van der Waals surface area contributed by atoms with Gasteiger partial charge in [-0.2, -0.15) is 5.10 Å². The Hall–Kier alpha value is -2.68. The Morgan fingerprint density at radius 1 is 1.32 bits per heavy atom. The van der Waals surface area contributed by atoms with E-state index in [1.165, 1.54) is 32.3 Å². The van der Waals surface area contributed by atoms with Crippen molar-refractivity contribution in [2.24, 2.45) is 0 Å². The first-order chi connectivity index (χ1) is 13.4. The normalized spacial score (nSPS) is 19.3. The van der Waals surface area contributed by atoms with E-state index in [9.17, 15) is 18.8 Å². The van der Waals surface area contributed by atoms with Gasteiger partial charge in [-0.25, -0.2) is 13.9 Å². The number of hydrogen-bond acceptors (Lipinski definition) is 4. The highest BCUT2D eigenvalue weighted by Crippen LogP contribution is 2.27. The van der Waals surface area contributed by atoms with E-state index < -0.39 is 11.7 Å². The van der Waals surface area contributed by atoms with E-state index in [0.29, 0.717) is 43.9 Å². The zero-order chi connectivity index (χ0) is 19.8. The lowest BCUT2D eigenvalue weighted by Gasteiger charge is -2.31. The molecule has 1 atom stereocenters. The zero-order valence-corrected chi connectivity index (χ0v) is 15.8. The molecular formula is C18H19ClFN5O3. The molecule has 1 aromatic heterocycles. The molecule has 2 aliphatic rings. The van der Waals surface area contributed by atoms with Crippen LogP contribution < -0.4 is 11.0 Å². The Bertz CT molecular complexity index is 1000. The van der Waals surface area contributed by atoms with Crippen LogP contribution in [0.1, 0.15) is 30.1 Å². The highest BCUT2D eigenvalue weighted by molar-refractivity contribution is 6.31. The maximum Gasteiger partial charge on any atom is 0.346 e. The number of carbonyl (C=O) groups excluding carboxylic acids is 2. The number of aromatic nitrogens is 3. The molecule has 0 spiro atoms. The standard InChI is InChI=1S/C18H19ClFN5O3/c19-14-8-12(20)4-3-11(14)9-25-18(28)24-6-1-2-13(16(24)22-25)17(27)23-7-5-21-15(26)10-23/h3-4,8,13H,1-2,5-7,9-10H2,(H,21,26). The number of carbonyl (C=O) groups is 2. The van der Waals surface area contributed by atoms with Crippen LogP contribution in [0, 0.1) is 5.82 Å². The minimum Gasteiger partial charge on any atom is -0.353 e. The van der Waals surface area contributed by atoms with Gasteiger partial charge in [0.2, 0.25) is 11.8 Å². The fourth-order valence-corrected chi connectivity index (χ4v) is 3.93. The average molecular weight is 408 g/mol. The van der Waals surface area contributed by atoms with E-state index in [2.05, 4.69) is 10.4 Å². The molecule has 0 radical (unpaired) electrons. The maximum atomic E-state index is 13.3. The number of nitrogens with zero attached hydrogens (tertiary/aromatic N) is 4. The molecule has 3 heterocycles. The first kappa shape index (κ1) is 18.7. The molecule has 2 aliphatic heterocycles. The number of hydrogen-bond donors (Lipinski definition) is 1. The smallest absolute Gasteiger partial charge is 0.346 e. The van der Waals surface area contributed by atoms with Crippen LogP contribution in [0.15, 0.2) is 23.0 Å². The Morgan fingerprint density at radius 3 is 2.89 bits per heavy atom. The van der Waals surface area contributed by atoms with Gasteiger partial charge >= 0.3 is 5.69 Å². The lowest BCUT2D eigenvalue weighted by atomic mass is 9.97. The lowest BCUT2D eigenvalue weighted by Crippen LogP contribution is -2.51. The van der Waals surface area contributed by atoms with Crippen LogP contribution in [-0.4, -0.2) is 50.7 Å². The molecule has 0 bridgehead atoms. The summed E-state index contributed by atoms with van der Waals surface area (Å²) in [4.78, 5) is 38.8. The molecule has 4 rings (SSSR count). The molecule has 0 aliphatic carbocycles. The van der Waals surface area contributed by atoms with Gasteiger partial charge in [-0.1, -0.05) is 17.7 Å². The molecule has 1 fully saturated rings. The van der Waals surface area contributed by atoms with Crippen molar-refractivity contribution in [3.8, 4) is 0 Å². The van der Waals surface area contributed by atoms with Crippen molar-refractivity contribution in [3.05, 3.63) is 50.9 Å². The van der Waals surface area contributed by atoms with E-state index in [1.54, 1.807) is 0 Å². The second-order valence-corrected chi connectivity index (χ2v) is 7.40. The second-order valence-electron chi connectivity index (χ2n) is 6.99. The van der Waals surface area contributed by atoms with E-state index in [-0.39, 0.29) is 35.6 Å². The van der Waals surface area contributed by atoms with Crippen LogP contribution in [0.2, 0.25) is 5.02 Å². The lowest BCUT2D eigenvalue weighted by molar-refractivity contribution is -0.139. The monoisotopic (exact) mass is 407 g/mol. The molecule has 148 valence electrons. The molecule has 1 N–H and O–H groups in total. The third-order valence-corrected chi connectivity index (χ3v) is 5.47. The largest absolute Gasteiger partial charge is 0.353 e. The molecule has 2 amide bonds. The van der Waals surface area contributed by atoms with Crippen LogP contribution in [-0.2, 0) is 22.7 Å².